The molecule has 1 aromatic heterocycles. The third-order valence-electron chi connectivity index (χ3n) is 4.03. The molecule has 0 spiro atoms. The Kier molecular flexibility index (Phi) is 4.80. The van der Waals surface area contributed by atoms with Crippen LogP contribution in [0.5, 0.6) is 0 Å². The van der Waals surface area contributed by atoms with Crippen LogP contribution in [0.2, 0.25) is 0 Å². The molecule has 0 amide bonds. The minimum absolute atomic E-state index is 0.0806. The summed E-state index contributed by atoms with van der Waals surface area (Å²) in [6, 6.07) is 15.2. The standard InChI is InChI=1S/C18H20N2O4S/c1-3-20(2)14-10-9-13-11-17(24-16(13)12-14)18(21)19-25(22,23)15-7-5-4-6-8-15/h4-12,18-19,21H,3H2,1-2H3. The lowest BCUT2D eigenvalue weighted by Gasteiger charge is -2.16. The van der Waals surface area contributed by atoms with Crippen LogP contribution in [0.4, 0.5) is 5.69 Å². The van der Waals surface area contributed by atoms with Crippen LogP contribution in [0.15, 0.2) is 63.9 Å². The molecule has 0 fully saturated rings. The summed E-state index contributed by atoms with van der Waals surface area (Å²) >= 11 is 0. The number of anilines is 1. The van der Waals surface area contributed by atoms with E-state index in [-0.39, 0.29) is 10.7 Å². The SMILES string of the molecule is CCN(C)c1ccc2cc(C(O)NS(=O)(=O)c3ccccc3)oc2c1. The first-order valence-electron chi connectivity index (χ1n) is 7.91. The normalized spacial score (nSPS) is 13.1. The van der Waals surface area contributed by atoms with Crippen LogP contribution in [-0.4, -0.2) is 27.1 Å². The highest BCUT2D eigenvalue weighted by Crippen LogP contribution is 2.27. The first-order valence-corrected chi connectivity index (χ1v) is 9.39. The summed E-state index contributed by atoms with van der Waals surface area (Å²) in [5.74, 6) is 0.144. The summed E-state index contributed by atoms with van der Waals surface area (Å²) in [6.45, 7) is 2.89. The molecule has 3 aromatic rings. The monoisotopic (exact) mass is 360 g/mol. The van der Waals surface area contributed by atoms with Crippen molar-refractivity contribution in [3.8, 4) is 0 Å². The predicted octanol–water partition coefficient (Wildman–Crippen LogP) is 2.86. The molecule has 2 N–H and O–H groups in total. The minimum atomic E-state index is -3.84. The van der Waals surface area contributed by atoms with Crippen molar-refractivity contribution in [2.45, 2.75) is 18.0 Å². The van der Waals surface area contributed by atoms with Crippen LogP contribution < -0.4 is 9.62 Å². The molecule has 0 bridgehead atoms. The number of hydrogen-bond acceptors (Lipinski definition) is 5. The van der Waals surface area contributed by atoms with Gasteiger partial charge >= 0.3 is 0 Å². The third kappa shape index (κ3) is 3.68. The number of furan rings is 1. The molecule has 25 heavy (non-hydrogen) atoms. The third-order valence-corrected chi connectivity index (χ3v) is 5.45. The van der Waals surface area contributed by atoms with E-state index in [0.717, 1.165) is 17.6 Å². The average molecular weight is 360 g/mol. The van der Waals surface area contributed by atoms with E-state index in [1.807, 2.05) is 32.2 Å². The largest absolute Gasteiger partial charge is 0.457 e. The molecule has 1 unspecified atom stereocenters. The Morgan fingerprint density at radius 1 is 1.16 bits per heavy atom. The first-order chi connectivity index (χ1) is 11.9. The molecule has 2 aromatic carbocycles. The Labute approximate surface area is 146 Å². The van der Waals surface area contributed by atoms with Crippen molar-refractivity contribution in [3.05, 3.63) is 60.4 Å². The van der Waals surface area contributed by atoms with E-state index < -0.39 is 16.3 Å². The van der Waals surface area contributed by atoms with Crippen molar-refractivity contribution in [2.75, 3.05) is 18.5 Å². The lowest BCUT2D eigenvalue weighted by molar-refractivity contribution is 0.141. The fourth-order valence-corrected chi connectivity index (χ4v) is 3.53. The number of fused-ring (bicyclic) bond motifs is 1. The maximum Gasteiger partial charge on any atom is 0.243 e. The van der Waals surface area contributed by atoms with Gasteiger partial charge < -0.3 is 14.4 Å². The quantitative estimate of drug-likeness (QED) is 0.661. The zero-order chi connectivity index (χ0) is 18.0. The highest BCUT2D eigenvalue weighted by atomic mass is 32.2. The molecule has 0 saturated carbocycles. The number of rotatable bonds is 6. The van der Waals surface area contributed by atoms with Gasteiger partial charge in [-0.2, -0.15) is 4.72 Å². The van der Waals surface area contributed by atoms with E-state index in [9.17, 15) is 13.5 Å². The summed E-state index contributed by atoms with van der Waals surface area (Å²) in [7, 11) is -1.87. The van der Waals surface area contributed by atoms with Gasteiger partial charge in [-0.3, -0.25) is 0 Å². The molecule has 132 valence electrons. The van der Waals surface area contributed by atoms with Crippen molar-refractivity contribution in [1.82, 2.24) is 4.72 Å². The topological polar surface area (TPSA) is 82.8 Å². The molecule has 0 aliphatic heterocycles. The van der Waals surface area contributed by atoms with Gasteiger partial charge in [0.15, 0.2) is 6.23 Å². The van der Waals surface area contributed by atoms with Crippen molar-refractivity contribution in [3.63, 3.8) is 0 Å². The highest BCUT2D eigenvalue weighted by molar-refractivity contribution is 7.89. The van der Waals surface area contributed by atoms with Gasteiger partial charge in [0.25, 0.3) is 0 Å². The van der Waals surface area contributed by atoms with Gasteiger partial charge in [0.1, 0.15) is 11.3 Å². The molecule has 0 aliphatic carbocycles. The van der Waals surface area contributed by atoms with Crippen LogP contribution in [0.3, 0.4) is 0 Å². The summed E-state index contributed by atoms with van der Waals surface area (Å²) in [4.78, 5) is 2.13. The average Bonchev–Trinajstić information content (AvgIpc) is 3.05. The van der Waals surface area contributed by atoms with Crippen LogP contribution >= 0.6 is 0 Å². The van der Waals surface area contributed by atoms with Crippen molar-refractivity contribution in [1.29, 1.82) is 0 Å². The molecule has 6 nitrogen and oxygen atoms in total. The molecule has 7 heteroatoms. The van der Waals surface area contributed by atoms with Gasteiger partial charge in [-0.05, 0) is 37.3 Å². The molecular weight excluding hydrogens is 340 g/mol. The van der Waals surface area contributed by atoms with Gasteiger partial charge in [0, 0.05) is 30.7 Å². The Morgan fingerprint density at radius 3 is 2.56 bits per heavy atom. The van der Waals surface area contributed by atoms with E-state index in [2.05, 4.69) is 9.62 Å². The number of benzene rings is 2. The van der Waals surface area contributed by atoms with Crippen LogP contribution in [0.25, 0.3) is 11.0 Å². The van der Waals surface area contributed by atoms with Gasteiger partial charge in [-0.25, -0.2) is 8.42 Å². The van der Waals surface area contributed by atoms with E-state index in [0.29, 0.717) is 5.58 Å². The second-order valence-corrected chi connectivity index (χ2v) is 7.44. The number of hydrogen-bond donors (Lipinski definition) is 2. The Bertz CT molecular complexity index is 967. The van der Waals surface area contributed by atoms with Gasteiger partial charge in [-0.15, -0.1) is 0 Å². The Morgan fingerprint density at radius 2 is 1.88 bits per heavy atom. The Balaban J connectivity index is 1.86. The van der Waals surface area contributed by atoms with E-state index in [4.69, 9.17) is 4.42 Å². The summed E-state index contributed by atoms with van der Waals surface area (Å²) in [6.07, 6.45) is -1.47. The van der Waals surface area contributed by atoms with E-state index >= 15 is 0 Å². The van der Waals surface area contributed by atoms with Gasteiger partial charge in [0.05, 0.1) is 4.90 Å². The first kappa shape index (κ1) is 17.5. The maximum absolute atomic E-state index is 12.3. The summed E-state index contributed by atoms with van der Waals surface area (Å²) in [5, 5.41) is 11.0. The summed E-state index contributed by atoms with van der Waals surface area (Å²) in [5.41, 5.74) is 1.57. The minimum Gasteiger partial charge on any atom is -0.457 e. The predicted molar refractivity (Wildman–Crippen MR) is 96.9 cm³/mol. The van der Waals surface area contributed by atoms with Crippen molar-refractivity contribution in [2.24, 2.45) is 0 Å². The molecule has 3 rings (SSSR count). The lowest BCUT2D eigenvalue weighted by Crippen LogP contribution is -2.28. The summed E-state index contributed by atoms with van der Waals surface area (Å²) < 4.78 is 32.5. The Hall–Kier alpha value is -2.35. The van der Waals surface area contributed by atoms with Gasteiger partial charge in [-0.1, -0.05) is 18.2 Å². The molecule has 0 saturated heterocycles. The fourth-order valence-electron chi connectivity index (χ4n) is 2.47. The lowest BCUT2D eigenvalue weighted by atomic mass is 10.2. The zero-order valence-corrected chi connectivity index (χ0v) is 14.8. The number of nitrogens with one attached hydrogen (secondary N) is 1. The van der Waals surface area contributed by atoms with E-state index in [1.54, 1.807) is 24.3 Å². The molecular formula is C18H20N2O4S. The smallest absolute Gasteiger partial charge is 0.243 e. The number of aliphatic hydroxyl groups excluding tert-OH is 1. The van der Waals surface area contributed by atoms with Crippen LogP contribution in [-0.2, 0) is 10.0 Å². The second-order valence-electron chi connectivity index (χ2n) is 5.72. The zero-order valence-electron chi connectivity index (χ0n) is 14.0. The van der Waals surface area contributed by atoms with E-state index in [1.165, 1.54) is 12.1 Å². The molecule has 1 heterocycles. The van der Waals surface area contributed by atoms with Crippen LogP contribution in [0.1, 0.15) is 18.9 Å². The molecule has 1 atom stereocenters. The van der Waals surface area contributed by atoms with Gasteiger partial charge in [0.2, 0.25) is 10.0 Å². The van der Waals surface area contributed by atoms with Crippen LogP contribution in [0, 0.1) is 0 Å². The fraction of sp³-hybridized carbons (Fsp3) is 0.222. The molecule has 0 aliphatic rings. The number of aliphatic hydroxyl groups is 1. The number of nitrogens with zero attached hydrogens (tertiary/aromatic N) is 1. The molecule has 0 radical (unpaired) electrons. The second kappa shape index (κ2) is 6.87. The maximum atomic E-state index is 12.3. The highest BCUT2D eigenvalue weighted by Gasteiger charge is 2.22. The van der Waals surface area contributed by atoms with Crippen molar-refractivity contribution < 1.29 is 17.9 Å². The number of sulfonamides is 1. The van der Waals surface area contributed by atoms with Crippen molar-refractivity contribution >= 4 is 26.7 Å².